The maximum atomic E-state index is 13.1. The Bertz CT molecular complexity index is 868. The van der Waals surface area contributed by atoms with Crippen LogP contribution in [0.25, 0.3) is 0 Å². The number of anilines is 2. The van der Waals surface area contributed by atoms with E-state index in [4.69, 9.17) is 0 Å². The van der Waals surface area contributed by atoms with Crippen LogP contribution in [-0.4, -0.2) is 18.4 Å². The molecule has 2 aromatic rings. The molecule has 0 atom stereocenters. The van der Waals surface area contributed by atoms with E-state index in [2.05, 4.69) is 5.32 Å². The van der Waals surface area contributed by atoms with Crippen molar-refractivity contribution in [3.05, 3.63) is 58.7 Å². The highest BCUT2D eigenvalue weighted by Gasteiger charge is 2.33. The molecular weight excluding hydrogens is 369 g/mol. The van der Waals surface area contributed by atoms with Gasteiger partial charge in [0.2, 0.25) is 11.8 Å². The summed E-state index contributed by atoms with van der Waals surface area (Å²) in [6.45, 7) is 7.18. The third kappa shape index (κ3) is 5.12. The lowest BCUT2D eigenvalue weighted by Crippen LogP contribution is -2.33. The summed E-state index contributed by atoms with van der Waals surface area (Å²) in [6, 6.07) is 8.69. The third-order valence-corrected chi connectivity index (χ3v) is 4.35. The maximum Gasteiger partial charge on any atom is 0.418 e. The number of aryl methyl sites for hydroxylation is 3. The van der Waals surface area contributed by atoms with E-state index in [1.165, 1.54) is 30.0 Å². The molecule has 0 aliphatic heterocycles. The number of benzene rings is 2. The Hall–Kier alpha value is -2.83. The number of amides is 2. The molecule has 0 aliphatic rings. The Labute approximate surface area is 162 Å². The van der Waals surface area contributed by atoms with Gasteiger partial charge in [-0.1, -0.05) is 29.8 Å². The minimum atomic E-state index is -4.56. The van der Waals surface area contributed by atoms with Gasteiger partial charge in [0.15, 0.2) is 0 Å². The van der Waals surface area contributed by atoms with Crippen LogP contribution < -0.4 is 10.2 Å². The van der Waals surface area contributed by atoms with E-state index in [-0.39, 0.29) is 24.6 Å². The van der Waals surface area contributed by atoms with E-state index >= 15 is 0 Å². The normalized spacial score (nSPS) is 11.2. The summed E-state index contributed by atoms with van der Waals surface area (Å²) in [4.78, 5) is 25.9. The molecule has 0 saturated heterocycles. The van der Waals surface area contributed by atoms with Crippen molar-refractivity contribution >= 4 is 23.2 Å². The number of carbonyl (C=O) groups is 2. The molecule has 7 heteroatoms. The lowest BCUT2D eigenvalue weighted by Gasteiger charge is -2.25. The summed E-state index contributed by atoms with van der Waals surface area (Å²) in [5.41, 5.74) is 2.38. The first-order chi connectivity index (χ1) is 13.0. The molecule has 0 bridgehead atoms. The average Bonchev–Trinajstić information content (AvgIpc) is 2.56. The maximum absolute atomic E-state index is 13.1. The summed E-state index contributed by atoms with van der Waals surface area (Å²) in [6.07, 6.45) is -4.69. The molecule has 0 radical (unpaired) electrons. The highest BCUT2D eigenvalue weighted by atomic mass is 19.4. The highest BCUT2D eigenvalue weighted by molar-refractivity contribution is 5.96. The SMILES string of the molecule is CC(=O)N(CCC(=O)Nc1ccccc1C(F)(F)F)c1c(C)cc(C)cc1C. The molecule has 0 heterocycles. The van der Waals surface area contributed by atoms with Gasteiger partial charge in [0, 0.05) is 25.6 Å². The van der Waals surface area contributed by atoms with Crippen molar-refractivity contribution in [1.29, 1.82) is 0 Å². The number of halogens is 3. The number of carbonyl (C=O) groups excluding carboxylic acids is 2. The van der Waals surface area contributed by atoms with E-state index in [1.54, 1.807) is 0 Å². The van der Waals surface area contributed by atoms with Crippen LogP contribution in [0.5, 0.6) is 0 Å². The number of nitrogens with one attached hydrogen (secondary N) is 1. The molecule has 2 amide bonds. The smallest absolute Gasteiger partial charge is 0.325 e. The molecule has 150 valence electrons. The van der Waals surface area contributed by atoms with E-state index in [1.807, 2.05) is 32.9 Å². The third-order valence-electron chi connectivity index (χ3n) is 4.35. The van der Waals surface area contributed by atoms with Crippen LogP contribution in [0, 0.1) is 20.8 Å². The quantitative estimate of drug-likeness (QED) is 0.777. The molecule has 0 unspecified atom stereocenters. The van der Waals surface area contributed by atoms with Crippen LogP contribution >= 0.6 is 0 Å². The second-order valence-corrected chi connectivity index (χ2v) is 6.76. The van der Waals surface area contributed by atoms with Crippen molar-refractivity contribution in [2.45, 2.75) is 40.3 Å². The van der Waals surface area contributed by atoms with Gasteiger partial charge in [0.25, 0.3) is 0 Å². The van der Waals surface area contributed by atoms with Gasteiger partial charge >= 0.3 is 6.18 Å². The number of rotatable bonds is 5. The molecule has 28 heavy (non-hydrogen) atoms. The van der Waals surface area contributed by atoms with E-state index in [9.17, 15) is 22.8 Å². The standard InChI is InChI=1S/C21H23F3N2O2/c1-13-11-14(2)20(15(3)12-13)26(16(4)27)10-9-19(28)25-18-8-6-5-7-17(18)21(22,23)24/h5-8,11-12H,9-10H2,1-4H3,(H,25,28). The molecule has 0 aromatic heterocycles. The lowest BCUT2D eigenvalue weighted by atomic mass is 10.0. The summed E-state index contributed by atoms with van der Waals surface area (Å²) < 4.78 is 39.2. The Morgan fingerprint density at radius 1 is 1.04 bits per heavy atom. The fraction of sp³-hybridized carbons (Fsp3) is 0.333. The van der Waals surface area contributed by atoms with Gasteiger partial charge in [0.05, 0.1) is 11.3 Å². The summed E-state index contributed by atoms with van der Waals surface area (Å²) in [5.74, 6) is -0.830. The van der Waals surface area contributed by atoms with Gasteiger partial charge < -0.3 is 10.2 Å². The van der Waals surface area contributed by atoms with Crippen molar-refractivity contribution in [3.63, 3.8) is 0 Å². The molecule has 2 rings (SSSR count). The summed E-state index contributed by atoms with van der Waals surface area (Å²) >= 11 is 0. The summed E-state index contributed by atoms with van der Waals surface area (Å²) in [5, 5.41) is 2.30. The Morgan fingerprint density at radius 3 is 2.14 bits per heavy atom. The number of hydrogen-bond donors (Lipinski definition) is 1. The van der Waals surface area contributed by atoms with Gasteiger partial charge in [0.1, 0.15) is 0 Å². The van der Waals surface area contributed by atoms with Gasteiger partial charge in [-0.25, -0.2) is 0 Å². The highest BCUT2D eigenvalue weighted by Crippen LogP contribution is 2.34. The first-order valence-electron chi connectivity index (χ1n) is 8.82. The van der Waals surface area contributed by atoms with Crippen molar-refractivity contribution < 1.29 is 22.8 Å². The van der Waals surface area contributed by atoms with Gasteiger partial charge in [-0.15, -0.1) is 0 Å². The lowest BCUT2D eigenvalue weighted by molar-refractivity contribution is -0.137. The monoisotopic (exact) mass is 392 g/mol. The van der Waals surface area contributed by atoms with Crippen LogP contribution in [0.2, 0.25) is 0 Å². The van der Waals surface area contributed by atoms with Crippen LogP contribution in [0.15, 0.2) is 36.4 Å². The van der Waals surface area contributed by atoms with Gasteiger partial charge in [-0.2, -0.15) is 13.2 Å². The molecular formula is C21H23F3N2O2. The van der Waals surface area contributed by atoms with Crippen LogP contribution in [-0.2, 0) is 15.8 Å². The fourth-order valence-electron chi connectivity index (χ4n) is 3.29. The van der Waals surface area contributed by atoms with Gasteiger partial charge in [-0.05, 0) is 44.0 Å². The zero-order valence-corrected chi connectivity index (χ0v) is 16.3. The van der Waals surface area contributed by atoms with Gasteiger partial charge in [-0.3, -0.25) is 9.59 Å². The molecule has 0 aliphatic carbocycles. The Balaban J connectivity index is 2.16. The van der Waals surface area contributed by atoms with Crippen molar-refractivity contribution in [2.75, 3.05) is 16.8 Å². The Kier molecular flexibility index (Phi) is 6.48. The molecule has 0 saturated carbocycles. The van der Waals surface area contributed by atoms with Crippen LogP contribution in [0.3, 0.4) is 0 Å². The van der Waals surface area contributed by atoms with E-state index in [0.29, 0.717) is 0 Å². The minimum Gasteiger partial charge on any atom is -0.325 e. The number of nitrogens with zero attached hydrogens (tertiary/aromatic N) is 1. The first kappa shape index (κ1) is 21.5. The van der Waals surface area contributed by atoms with Crippen molar-refractivity contribution in [2.24, 2.45) is 0 Å². The topological polar surface area (TPSA) is 49.4 Å². The van der Waals surface area contributed by atoms with Crippen molar-refractivity contribution in [3.8, 4) is 0 Å². The van der Waals surface area contributed by atoms with E-state index < -0.39 is 17.6 Å². The predicted octanol–water partition coefficient (Wildman–Crippen LogP) is 5.01. The first-order valence-corrected chi connectivity index (χ1v) is 8.82. The average molecular weight is 392 g/mol. The molecule has 2 aromatic carbocycles. The minimum absolute atomic E-state index is 0.0695. The molecule has 1 N–H and O–H groups in total. The van der Waals surface area contributed by atoms with Crippen LogP contribution in [0.4, 0.5) is 24.5 Å². The fourth-order valence-corrected chi connectivity index (χ4v) is 3.29. The predicted molar refractivity (Wildman–Crippen MR) is 103 cm³/mol. The van der Waals surface area contributed by atoms with Crippen LogP contribution in [0.1, 0.15) is 35.6 Å². The number of para-hydroxylation sites is 1. The molecule has 0 spiro atoms. The molecule has 0 fully saturated rings. The molecule has 4 nitrogen and oxygen atoms in total. The number of hydrogen-bond acceptors (Lipinski definition) is 2. The second-order valence-electron chi connectivity index (χ2n) is 6.76. The number of alkyl halides is 3. The summed E-state index contributed by atoms with van der Waals surface area (Å²) in [7, 11) is 0. The second kappa shape index (κ2) is 8.46. The van der Waals surface area contributed by atoms with Crippen molar-refractivity contribution in [1.82, 2.24) is 0 Å². The Morgan fingerprint density at radius 2 is 1.61 bits per heavy atom. The van der Waals surface area contributed by atoms with E-state index in [0.717, 1.165) is 28.4 Å². The zero-order chi connectivity index (χ0) is 21.1. The zero-order valence-electron chi connectivity index (χ0n) is 16.3. The largest absolute Gasteiger partial charge is 0.418 e.